The van der Waals surface area contributed by atoms with E-state index in [1.807, 2.05) is 26.0 Å². The van der Waals surface area contributed by atoms with Crippen LogP contribution >= 0.6 is 0 Å². The Hall–Kier alpha value is -1.51. The Balaban J connectivity index is 2.67. The van der Waals surface area contributed by atoms with Gasteiger partial charge < -0.3 is 10.1 Å². The molecule has 0 aromatic heterocycles. The number of ether oxygens (including phenoxy) is 1. The van der Waals surface area contributed by atoms with E-state index in [9.17, 15) is 4.79 Å². The fourth-order valence-electron chi connectivity index (χ4n) is 1.90. The Kier molecular flexibility index (Phi) is 5.69. The quantitative estimate of drug-likeness (QED) is 0.787. The van der Waals surface area contributed by atoms with Crippen molar-refractivity contribution in [1.29, 1.82) is 0 Å². The van der Waals surface area contributed by atoms with Crippen LogP contribution in [0.4, 0.5) is 0 Å². The summed E-state index contributed by atoms with van der Waals surface area (Å²) in [6.45, 7) is 6.89. The molecule has 0 atom stereocenters. The summed E-state index contributed by atoms with van der Waals surface area (Å²) in [5, 5.41) is 2.94. The lowest BCUT2D eigenvalue weighted by Crippen LogP contribution is -2.26. The number of methoxy groups -OCH3 is 1. The van der Waals surface area contributed by atoms with Gasteiger partial charge in [-0.2, -0.15) is 0 Å². The first kappa shape index (κ1) is 14.6. The van der Waals surface area contributed by atoms with Crippen LogP contribution < -0.4 is 10.1 Å². The third kappa shape index (κ3) is 4.06. The molecule has 0 aliphatic rings. The zero-order valence-electron chi connectivity index (χ0n) is 11.8. The Bertz CT molecular complexity index is 413. The van der Waals surface area contributed by atoms with Crippen LogP contribution in [0.3, 0.4) is 0 Å². The molecule has 3 heteroatoms. The molecular formula is C15H23NO2. The molecule has 0 saturated carbocycles. The summed E-state index contributed by atoms with van der Waals surface area (Å²) in [5.41, 5.74) is 3.24. The van der Waals surface area contributed by atoms with Crippen molar-refractivity contribution in [1.82, 2.24) is 5.32 Å². The van der Waals surface area contributed by atoms with Gasteiger partial charge in [0.15, 0.2) is 0 Å². The van der Waals surface area contributed by atoms with E-state index in [0.29, 0.717) is 6.42 Å². The molecule has 0 aliphatic heterocycles. The van der Waals surface area contributed by atoms with Crippen LogP contribution in [-0.4, -0.2) is 19.6 Å². The average Bonchev–Trinajstić information content (AvgIpc) is 2.33. The summed E-state index contributed by atoms with van der Waals surface area (Å²) in [7, 11) is 1.67. The van der Waals surface area contributed by atoms with Gasteiger partial charge in [-0.3, -0.25) is 4.79 Å². The van der Waals surface area contributed by atoms with Crippen LogP contribution in [0, 0.1) is 13.8 Å². The molecule has 0 heterocycles. The maximum absolute atomic E-state index is 11.8. The number of hydrogen-bond acceptors (Lipinski definition) is 2. The zero-order valence-corrected chi connectivity index (χ0v) is 11.8. The van der Waals surface area contributed by atoms with Crippen molar-refractivity contribution in [3.05, 3.63) is 28.8 Å². The number of hydrogen-bond donors (Lipinski definition) is 1. The van der Waals surface area contributed by atoms with Gasteiger partial charge in [0, 0.05) is 6.54 Å². The third-order valence-corrected chi connectivity index (χ3v) is 3.06. The standard InChI is InChI=1S/C15H23NO2/c1-5-6-7-16-15(17)10-13-8-12(3)14(18-4)9-11(13)2/h8-9H,5-7,10H2,1-4H3,(H,16,17). The lowest BCUT2D eigenvalue weighted by atomic mass is 10.0. The molecule has 1 amide bonds. The molecule has 1 aromatic carbocycles. The molecule has 0 spiro atoms. The molecule has 1 rings (SSSR count). The highest BCUT2D eigenvalue weighted by atomic mass is 16.5. The predicted molar refractivity (Wildman–Crippen MR) is 74.1 cm³/mol. The summed E-state index contributed by atoms with van der Waals surface area (Å²) >= 11 is 0. The Morgan fingerprint density at radius 2 is 2.00 bits per heavy atom. The highest BCUT2D eigenvalue weighted by Gasteiger charge is 2.08. The largest absolute Gasteiger partial charge is 0.496 e. The van der Waals surface area contributed by atoms with E-state index in [4.69, 9.17) is 4.74 Å². The van der Waals surface area contributed by atoms with Crippen molar-refractivity contribution in [2.45, 2.75) is 40.0 Å². The van der Waals surface area contributed by atoms with E-state index in [2.05, 4.69) is 12.2 Å². The smallest absolute Gasteiger partial charge is 0.224 e. The molecule has 0 saturated heterocycles. The third-order valence-electron chi connectivity index (χ3n) is 3.06. The predicted octanol–water partition coefficient (Wildman–Crippen LogP) is 2.77. The lowest BCUT2D eigenvalue weighted by molar-refractivity contribution is -0.120. The van der Waals surface area contributed by atoms with E-state index >= 15 is 0 Å². The van der Waals surface area contributed by atoms with Crippen molar-refractivity contribution >= 4 is 5.91 Å². The summed E-state index contributed by atoms with van der Waals surface area (Å²) in [4.78, 5) is 11.8. The normalized spacial score (nSPS) is 10.2. The van der Waals surface area contributed by atoms with Crippen LogP contribution in [0.5, 0.6) is 5.75 Å². The van der Waals surface area contributed by atoms with E-state index in [1.165, 1.54) is 0 Å². The SMILES string of the molecule is CCCCNC(=O)Cc1cc(C)c(OC)cc1C. The Labute approximate surface area is 110 Å². The first-order chi connectivity index (χ1) is 8.58. The van der Waals surface area contributed by atoms with Gasteiger partial charge in [0.05, 0.1) is 13.5 Å². The number of carbonyl (C=O) groups excluding carboxylic acids is 1. The average molecular weight is 249 g/mol. The molecular weight excluding hydrogens is 226 g/mol. The Morgan fingerprint density at radius 3 is 2.61 bits per heavy atom. The van der Waals surface area contributed by atoms with Gasteiger partial charge in [-0.15, -0.1) is 0 Å². The van der Waals surface area contributed by atoms with Crippen LogP contribution in [-0.2, 0) is 11.2 Å². The molecule has 0 aliphatic carbocycles. The maximum atomic E-state index is 11.8. The molecule has 0 unspecified atom stereocenters. The summed E-state index contributed by atoms with van der Waals surface area (Å²) < 4.78 is 5.26. The maximum Gasteiger partial charge on any atom is 0.224 e. The van der Waals surface area contributed by atoms with Crippen LogP contribution in [0.2, 0.25) is 0 Å². The minimum absolute atomic E-state index is 0.0936. The fourth-order valence-corrected chi connectivity index (χ4v) is 1.90. The summed E-state index contributed by atoms with van der Waals surface area (Å²) in [6.07, 6.45) is 2.58. The summed E-state index contributed by atoms with van der Waals surface area (Å²) in [5.74, 6) is 0.971. The molecule has 0 radical (unpaired) electrons. The second-order valence-corrected chi connectivity index (χ2v) is 4.63. The van der Waals surface area contributed by atoms with Gasteiger partial charge in [0.25, 0.3) is 0 Å². The molecule has 18 heavy (non-hydrogen) atoms. The minimum Gasteiger partial charge on any atom is -0.496 e. The zero-order chi connectivity index (χ0) is 13.5. The second kappa shape index (κ2) is 7.04. The minimum atomic E-state index is 0.0936. The van der Waals surface area contributed by atoms with Crippen molar-refractivity contribution in [2.24, 2.45) is 0 Å². The molecule has 1 N–H and O–H groups in total. The number of nitrogens with one attached hydrogen (secondary N) is 1. The number of aryl methyl sites for hydroxylation is 2. The number of benzene rings is 1. The molecule has 3 nitrogen and oxygen atoms in total. The highest BCUT2D eigenvalue weighted by molar-refractivity contribution is 5.79. The lowest BCUT2D eigenvalue weighted by Gasteiger charge is -2.11. The highest BCUT2D eigenvalue weighted by Crippen LogP contribution is 2.22. The van der Waals surface area contributed by atoms with Gasteiger partial charge in [0.1, 0.15) is 5.75 Å². The van der Waals surface area contributed by atoms with E-state index < -0.39 is 0 Å². The van der Waals surface area contributed by atoms with Crippen LogP contribution in [0.25, 0.3) is 0 Å². The first-order valence-electron chi connectivity index (χ1n) is 6.49. The number of unbranched alkanes of at least 4 members (excludes halogenated alkanes) is 1. The van der Waals surface area contributed by atoms with Crippen molar-refractivity contribution in [3.63, 3.8) is 0 Å². The van der Waals surface area contributed by atoms with Crippen molar-refractivity contribution in [3.8, 4) is 5.75 Å². The fraction of sp³-hybridized carbons (Fsp3) is 0.533. The second-order valence-electron chi connectivity index (χ2n) is 4.63. The van der Waals surface area contributed by atoms with Crippen molar-refractivity contribution < 1.29 is 9.53 Å². The van der Waals surface area contributed by atoms with E-state index in [1.54, 1.807) is 7.11 Å². The molecule has 0 fully saturated rings. The number of amides is 1. The Morgan fingerprint density at radius 1 is 1.28 bits per heavy atom. The van der Waals surface area contributed by atoms with Crippen LogP contribution in [0.1, 0.15) is 36.5 Å². The van der Waals surface area contributed by atoms with Gasteiger partial charge in [-0.05, 0) is 43.0 Å². The number of rotatable bonds is 6. The van der Waals surface area contributed by atoms with Gasteiger partial charge in [0.2, 0.25) is 5.91 Å². The van der Waals surface area contributed by atoms with E-state index in [0.717, 1.165) is 41.8 Å². The van der Waals surface area contributed by atoms with Gasteiger partial charge >= 0.3 is 0 Å². The topological polar surface area (TPSA) is 38.3 Å². The van der Waals surface area contributed by atoms with Crippen LogP contribution in [0.15, 0.2) is 12.1 Å². The van der Waals surface area contributed by atoms with Crippen molar-refractivity contribution in [2.75, 3.05) is 13.7 Å². The van der Waals surface area contributed by atoms with E-state index in [-0.39, 0.29) is 5.91 Å². The number of carbonyl (C=O) groups is 1. The summed E-state index contributed by atoms with van der Waals surface area (Å²) in [6, 6.07) is 4.03. The molecule has 0 bridgehead atoms. The molecule has 100 valence electrons. The van der Waals surface area contributed by atoms with Gasteiger partial charge in [-0.25, -0.2) is 0 Å². The monoisotopic (exact) mass is 249 g/mol. The molecule has 1 aromatic rings. The van der Waals surface area contributed by atoms with Gasteiger partial charge in [-0.1, -0.05) is 19.4 Å². The first-order valence-corrected chi connectivity index (χ1v) is 6.49.